The van der Waals surface area contributed by atoms with E-state index in [9.17, 15) is 19.8 Å². The topological polar surface area (TPSA) is 134 Å². The van der Waals surface area contributed by atoms with Crippen LogP contribution in [0.15, 0.2) is 0 Å². The second-order valence-electron chi connectivity index (χ2n) is 4.61. The molecule has 0 aliphatic rings. The maximum Gasteiger partial charge on any atom is 0.308 e. The van der Waals surface area contributed by atoms with E-state index < -0.39 is 49.6 Å². The van der Waals surface area contributed by atoms with Crippen LogP contribution in [0.3, 0.4) is 0 Å². The van der Waals surface area contributed by atoms with Crippen LogP contribution >= 0.6 is 0 Å². The molecule has 0 amide bonds. The summed E-state index contributed by atoms with van der Waals surface area (Å²) in [4.78, 5) is 22.2. The highest BCUT2D eigenvalue weighted by Gasteiger charge is 2.21. The quantitative estimate of drug-likeness (QED) is 0.371. The van der Waals surface area contributed by atoms with Crippen molar-refractivity contribution in [2.45, 2.75) is 51.1 Å². The molecule has 0 bridgehead atoms. The molecule has 0 saturated carbocycles. The Morgan fingerprint density at radius 2 is 1.10 bits per heavy atom. The first-order valence-electron chi connectivity index (χ1n) is 6.25. The monoisotopic (exact) mass is 294 g/mol. The Morgan fingerprint density at radius 1 is 0.800 bits per heavy atom. The fourth-order valence-corrected chi connectivity index (χ4v) is 1.18. The summed E-state index contributed by atoms with van der Waals surface area (Å²) in [6, 6.07) is 0. The normalized spacial score (nSPS) is 16.9. The van der Waals surface area contributed by atoms with Gasteiger partial charge in [-0.2, -0.15) is 0 Å². The molecule has 0 aromatic heterocycles. The van der Waals surface area contributed by atoms with Crippen LogP contribution in [0.4, 0.5) is 0 Å². The van der Waals surface area contributed by atoms with Crippen molar-refractivity contribution in [3.05, 3.63) is 0 Å². The molecule has 0 saturated heterocycles. The van der Waals surface area contributed by atoms with Gasteiger partial charge in [0.25, 0.3) is 0 Å². The van der Waals surface area contributed by atoms with Crippen LogP contribution < -0.4 is 0 Å². The zero-order valence-electron chi connectivity index (χ0n) is 11.6. The van der Waals surface area contributed by atoms with E-state index in [4.69, 9.17) is 10.2 Å². The summed E-state index contributed by atoms with van der Waals surface area (Å²) in [5, 5.41) is 36.8. The Morgan fingerprint density at radius 3 is 1.35 bits per heavy atom. The Labute approximate surface area is 116 Å². The zero-order chi connectivity index (χ0) is 15.7. The highest BCUT2D eigenvalue weighted by Crippen LogP contribution is 2.01. The summed E-state index contributed by atoms with van der Waals surface area (Å²) >= 11 is 0. The number of ether oxygens (including phenoxy) is 2. The van der Waals surface area contributed by atoms with E-state index in [0.29, 0.717) is 0 Å². The molecule has 0 aromatic rings. The number of aliphatic hydroxyl groups is 4. The van der Waals surface area contributed by atoms with E-state index in [-0.39, 0.29) is 12.8 Å². The third-order valence-corrected chi connectivity index (χ3v) is 2.20. The maximum absolute atomic E-state index is 11.1. The van der Waals surface area contributed by atoms with Crippen molar-refractivity contribution in [1.29, 1.82) is 0 Å². The first kappa shape index (κ1) is 18.8. The predicted octanol–water partition coefficient (Wildman–Crippen LogP) is -1.66. The molecule has 0 aliphatic carbocycles. The largest absolute Gasteiger partial charge is 0.463 e. The number of carbonyl (C=O) groups is 2. The van der Waals surface area contributed by atoms with Crippen molar-refractivity contribution in [2.75, 3.05) is 13.2 Å². The molecule has 0 aliphatic heterocycles. The van der Waals surface area contributed by atoms with Crippen LogP contribution in [0, 0.1) is 0 Å². The number of aliphatic hydroxyl groups excluding tert-OH is 4. The third-order valence-electron chi connectivity index (χ3n) is 2.20. The fourth-order valence-electron chi connectivity index (χ4n) is 1.18. The molecule has 118 valence electrons. The highest BCUT2D eigenvalue weighted by atomic mass is 16.6. The lowest BCUT2D eigenvalue weighted by molar-refractivity contribution is -0.158. The van der Waals surface area contributed by atoms with Crippen molar-refractivity contribution >= 4 is 11.9 Å². The van der Waals surface area contributed by atoms with E-state index >= 15 is 0 Å². The first-order chi connectivity index (χ1) is 9.22. The summed E-state index contributed by atoms with van der Waals surface area (Å²) in [5.41, 5.74) is 0. The molecule has 4 atom stereocenters. The molecule has 8 nitrogen and oxygen atoms in total. The molecule has 0 radical (unpaired) electrons. The molecule has 0 spiro atoms. The summed E-state index contributed by atoms with van der Waals surface area (Å²) in [6.07, 6.45) is -4.96. The van der Waals surface area contributed by atoms with Crippen LogP contribution in [-0.2, 0) is 19.1 Å². The molecule has 20 heavy (non-hydrogen) atoms. The van der Waals surface area contributed by atoms with Gasteiger partial charge in [0.05, 0.1) is 25.0 Å². The highest BCUT2D eigenvalue weighted by molar-refractivity contribution is 5.70. The Kier molecular flexibility index (Phi) is 9.06. The maximum atomic E-state index is 11.1. The average Bonchev–Trinajstić information content (AvgIpc) is 2.31. The second-order valence-corrected chi connectivity index (χ2v) is 4.61. The summed E-state index contributed by atoms with van der Waals surface area (Å²) < 4.78 is 9.24. The number of hydrogen-bond donors (Lipinski definition) is 4. The van der Waals surface area contributed by atoms with E-state index in [0.717, 1.165) is 0 Å². The number of esters is 2. The van der Waals surface area contributed by atoms with E-state index in [1.54, 1.807) is 0 Å². The molecule has 0 rings (SSSR count). The zero-order valence-corrected chi connectivity index (χ0v) is 11.6. The number of hydrogen-bond acceptors (Lipinski definition) is 8. The molecule has 4 N–H and O–H groups in total. The summed E-state index contributed by atoms with van der Waals surface area (Å²) in [7, 11) is 0. The summed E-state index contributed by atoms with van der Waals surface area (Å²) in [6.45, 7) is 1.88. The van der Waals surface area contributed by atoms with Gasteiger partial charge in [-0.3, -0.25) is 9.59 Å². The van der Waals surface area contributed by atoms with Gasteiger partial charge in [0, 0.05) is 0 Å². The van der Waals surface area contributed by atoms with Gasteiger partial charge >= 0.3 is 11.9 Å². The van der Waals surface area contributed by atoms with Gasteiger partial charge in [-0.25, -0.2) is 0 Å². The lowest BCUT2D eigenvalue weighted by Crippen LogP contribution is -2.36. The molecule has 0 heterocycles. The van der Waals surface area contributed by atoms with Gasteiger partial charge < -0.3 is 29.9 Å². The lowest BCUT2D eigenvalue weighted by Gasteiger charge is -2.18. The molecule has 0 fully saturated rings. The number of rotatable bonds is 9. The smallest absolute Gasteiger partial charge is 0.308 e. The van der Waals surface area contributed by atoms with Crippen molar-refractivity contribution in [3.63, 3.8) is 0 Å². The Hall–Kier alpha value is -1.22. The van der Waals surface area contributed by atoms with Crippen LogP contribution in [0.2, 0.25) is 0 Å². The Balaban J connectivity index is 3.89. The first-order valence-corrected chi connectivity index (χ1v) is 6.25. The van der Waals surface area contributed by atoms with Gasteiger partial charge in [0.2, 0.25) is 0 Å². The fraction of sp³-hybridized carbons (Fsp3) is 0.833. The van der Waals surface area contributed by atoms with Crippen LogP contribution in [0.25, 0.3) is 0 Å². The van der Waals surface area contributed by atoms with Crippen molar-refractivity contribution < 1.29 is 39.5 Å². The van der Waals surface area contributed by atoms with E-state index in [1.807, 2.05) is 0 Å². The number of carbonyl (C=O) groups excluding carboxylic acids is 2. The minimum atomic E-state index is -1.41. The third kappa shape index (κ3) is 9.68. The van der Waals surface area contributed by atoms with Crippen molar-refractivity contribution in [1.82, 2.24) is 0 Å². The average molecular weight is 294 g/mol. The predicted molar refractivity (Wildman–Crippen MR) is 66.5 cm³/mol. The molecule has 2 unspecified atom stereocenters. The van der Waals surface area contributed by atoms with Gasteiger partial charge in [-0.1, -0.05) is 0 Å². The van der Waals surface area contributed by atoms with E-state index in [2.05, 4.69) is 9.47 Å². The van der Waals surface area contributed by atoms with Crippen LogP contribution in [0.1, 0.15) is 26.7 Å². The van der Waals surface area contributed by atoms with E-state index in [1.165, 1.54) is 13.8 Å². The van der Waals surface area contributed by atoms with Crippen LogP contribution in [-0.4, -0.2) is 70.0 Å². The van der Waals surface area contributed by atoms with Gasteiger partial charge in [0.1, 0.15) is 25.4 Å². The van der Waals surface area contributed by atoms with Crippen molar-refractivity contribution in [3.8, 4) is 0 Å². The SMILES string of the molecule is CC(O)CC(=O)OC[C@@H](O)[C@@H](O)COC(=O)CC(C)O. The van der Waals surface area contributed by atoms with Gasteiger partial charge in [-0.15, -0.1) is 0 Å². The van der Waals surface area contributed by atoms with Crippen LogP contribution in [0.5, 0.6) is 0 Å². The summed E-state index contributed by atoms with van der Waals surface area (Å²) in [5.74, 6) is -1.42. The standard InChI is InChI=1S/C12H22O8/c1-7(13)3-11(17)19-5-9(15)10(16)6-20-12(18)4-8(2)14/h7-10,13-16H,3-6H2,1-2H3/t7?,8?,9-,10+. The molecular formula is C12H22O8. The second kappa shape index (κ2) is 9.65. The van der Waals surface area contributed by atoms with Crippen molar-refractivity contribution in [2.24, 2.45) is 0 Å². The Bertz CT molecular complexity index is 272. The molecular weight excluding hydrogens is 272 g/mol. The minimum Gasteiger partial charge on any atom is -0.463 e. The minimum absolute atomic E-state index is 0.216. The van der Waals surface area contributed by atoms with Gasteiger partial charge in [0.15, 0.2) is 0 Å². The lowest BCUT2D eigenvalue weighted by atomic mass is 10.2. The molecule has 8 heteroatoms. The molecule has 0 aromatic carbocycles. The van der Waals surface area contributed by atoms with Gasteiger partial charge in [-0.05, 0) is 13.8 Å².